The number of anilines is 1. The van der Waals surface area contributed by atoms with Crippen LogP contribution in [0.1, 0.15) is 56.6 Å². The van der Waals surface area contributed by atoms with Crippen LogP contribution in [0.4, 0.5) is 5.00 Å². The molecule has 2 amide bonds. The van der Waals surface area contributed by atoms with E-state index in [4.69, 9.17) is 4.74 Å². The van der Waals surface area contributed by atoms with Crippen molar-refractivity contribution in [3.63, 3.8) is 0 Å². The summed E-state index contributed by atoms with van der Waals surface area (Å²) in [6.07, 6.45) is 2.75. The van der Waals surface area contributed by atoms with Crippen LogP contribution in [0.25, 0.3) is 0 Å². The van der Waals surface area contributed by atoms with Crippen LogP contribution in [0, 0.1) is 0 Å². The van der Waals surface area contributed by atoms with Gasteiger partial charge in [0.05, 0.1) is 28.8 Å². The van der Waals surface area contributed by atoms with Gasteiger partial charge in [0.1, 0.15) is 5.00 Å². The minimum atomic E-state index is -0.483. The molecule has 0 radical (unpaired) electrons. The van der Waals surface area contributed by atoms with Crippen molar-refractivity contribution in [1.29, 1.82) is 0 Å². The standard InChI is InChI=1S/C22H25N5O4S3/c1-4-31-21(30)17-13-7-5-8-14(13)34-20(17)24-18(28)12(2)33-22-26-25-16(27(22)3)11-23-19(29)15-9-6-10-32-15/h6,9-10,12H,4-5,7-8,11H2,1-3H3,(H,23,29)(H,24,28). The van der Waals surface area contributed by atoms with Gasteiger partial charge < -0.3 is 19.9 Å². The zero-order valence-electron chi connectivity index (χ0n) is 19.0. The number of amides is 2. The second-order valence-corrected chi connectivity index (χ2v) is 11.0. The zero-order valence-corrected chi connectivity index (χ0v) is 21.5. The highest BCUT2D eigenvalue weighted by Crippen LogP contribution is 2.40. The third-order valence-electron chi connectivity index (χ3n) is 5.37. The molecule has 0 spiro atoms. The smallest absolute Gasteiger partial charge is 0.341 e. The summed E-state index contributed by atoms with van der Waals surface area (Å²) in [7, 11) is 1.79. The Bertz CT molecular complexity index is 1200. The lowest BCUT2D eigenvalue weighted by Gasteiger charge is -2.12. The Morgan fingerprint density at radius 2 is 2.12 bits per heavy atom. The fourth-order valence-electron chi connectivity index (χ4n) is 3.59. The SMILES string of the molecule is CCOC(=O)c1c(NC(=O)C(C)Sc2nnc(CNC(=O)c3cccs3)n2C)sc2c1CCC2. The third-order valence-corrected chi connectivity index (χ3v) is 8.58. The van der Waals surface area contributed by atoms with E-state index in [9.17, 15) is 14.4 Å². The fraction of sp³-hybridized carbons (Fsp3) is 0.409. The topological polar surface area (TPSA) is 115 Å². The lowest BCUT2D eigenvalue weighted by atomic mass is 10.1. The van der Waals surface area contributed by atoms with Gasteiger partial charge in [-0.3, -0.25) is 9.59 Å². The zero-order chi connectivity index (χ0) is 24.2. The molecule has 0 aromatic carbocycles. The van der Waals surface area contributed by atoms with Crippen molar-refractivity contribution in [2.24, 2.45) is 7.05 Å². The molecule has 12 heteroatoms. The van der Waals surface area contributed by atoms with Crippen molar-refractivity contribution >= 4 is 57.2 Å². The molecule has 1 aliphatic carbocycles. The van der Waals surface area contributed by atoms with Gasteiger partial charge in [-0.15, -0.1) is 32.9 Å². The monoisotopic (exact) mass is 519 g/mol. The second kappa shape index (κ2) is 10.7. The van der Waals surface area contributed by atoms with Gasteiger partial charge in [0.15, 0.2) is 11.0 Å². The molecule has 3 aromatic rings. The van der Waals surface area contributed by atoms with Crippen LogP contribution in [-0.4, -0.2) is 44.4 Å². The highest BCUT2D eigenvalue weighted by molar-refractivity contribution is 8.00. The van der Waals surface area contributed by atoms with Crippen molar-refractivity contribution in [3.05, 3.63) is 44.2 Å². The Morgan fingerprint density at radius 1 is 1.29 bits per heavy atom. The number of nitrogens with one attached hydrogen (secondary N) is 2. The van der Waals surface area contributed by atoms with E-state index in [1.165, 1.54) is 34.4 Å². The molecule has 34 heavy (non-hydrogen) atoms. The number of hydrogen-bond acceptors (Lipinski definition) is 9. The quantitative estimate of drug-likeness (QED) is 0.327. The van der Waals surface area contributed by atoms with Gasteiger partial charge in [0.2, 0.25) is 5.91 Å². The molecule has 3 heterocycles. The number of carbonyl (C=O) groups excluding carboxylic acids is 3. The number of thioether (sulfide) groups is 1. The fourth-order valence-corrected chi connectivity index (χ4v) is 6.35. The first-order valence-corrected chi connectivity index (χ1v) is 13.5. The average molecular weight is 520 g/mol. The Hall–Kier alpha value is -2.70. The number of hydrogen-bond donors (Lipinski definition) is 2. The minimum Gasteiger partial charge on any atom is -0.462 e. The van der Waals surface area contributed by atoms with Crippen LogP contribution in [0.5, 0.6) is 0 Å². The van der Waals surface area contributed by atoms with Crippen molar-refractivity contribution < 1.29 is 19.1 Å². The maximum atomic E-state index is 13.0. The Morgan fingerprint density at radius 3 is 2.85 bits per heavy atom. The molecule has 0 saturated carbocycles. The minimum absolute atomic E-state index is 0.166. The summed E-state index contributed by atoms with van der Waals surface area (Å²) >= 11 is 4.09. The van der Waals surface area contributed by atoms with Crippen LogP contribution >= 0.6 is 34.4 Å². The first kappa shape index (κ1) is 24.4. The van der Waals surface area contributed by atoms with E-state index in [1.807, 2.05) is 11.4 Å². The molecule has 0 aliphatic heterocycles. The largest absolute Gasteiger partial charge is 0.462 e. The molecular formula is C22H25N5O4S3. The number of thiophene rings is 2. The number of aryl methyl sites for hydroxylation is 1. The van der Waals surface area contributed by atoms with Crippen molar-refractivity contribution in [1.82, 2.24) is 20.1 Å². The lowest BCUT2D eigenvalue weighted by molar-refractivity contribution is -0.115. The van der Waals surface area contributed by atoms with E-state index in [0.717, 1.165) is 29.7 Å². The maximum Gasteiger partial charge on any atom is 0.341 e. The van der Waals surface area contributed by atoms with Crippen LogP contribution < -0.4 is 10.6 Å². The molecular weight excluding hydrogens is 494 g/mol. The highest BCUT2D eigenvalue weighted by Gasteiger charge is 2.29. The first-order valence-electron chi connectivity index (χ1n) is 10.9. The van der Waals surface area contributed by atoms with E-state index in [2.05, 4.69) is 20.8 Å². The number of carbonyl (C=O) groups is 3. The Labute approximate surface area is 209 Å². The average Bonchev–Trinajstić information content (AvgIpc) is 3.59. The van der Waals surface area contributed by atoms with Gasteiger partial charge in [-0.05, 0) is 50.1 Å². The molecule has 3 aromatic heterocycles. The predicted octanol–water partition coefficient (Wildman–Crippen LogP) is 3.65. The highest BCUT2D eigenvalue weighted by atomic mass is 32.2. The molecule has 1 atom stereocenters. The molecule has 180 valence electrons. The van der Waals surface area contributed by atoms with Crippen LogP contribution in [0.15, 0.2) is 22.7 Å². The molecule has 9 nitrogen and oxygen atoms in total. The predicted molar refractivity (Wildman–Crippen MR) is 133 cm³/mol. The third kappa shape index (κ3) is 5.18. The number of nitrogens with zero attached hydrogens (tertiary/aromatic N) is 3. The van der Waals surface area contributed by atoms with E-state index >= 15 is 0 Å². The summed E-state index contributed by atoms with van der Waals surface area (Å²) in [5, 5.41) is 16.5. The summed E-state index contributed by atoms with van der Waals surface area (Å²) < 4.78 is 6.99. The second-order valence-electron chi connectivity index (χ2n) is 7.65. The molecule has 0 fully saturated rings. The van der Waals surface area contributed by atoms with E-state index in [-0.39, 0.29) is 30.9 Å². The number of aromatic nitrogens is 3. The molecule has 0 bridgehead atoms. The number of rotatable bonds is 9. The van der Waals surface area contributed by atoms with E-state index in [0.29, 0.717) is 26.4 Å². The number of fused-ring (bicyclic) bond motifs is 1. The van der Waals surface area contributed by atoms with Gasteiger partial charge in [0.25, 0.3) is 5.91 Å². The van der Waals surface area contributed by atoms with E-state index in [1.54, 1.807) is 31.5 Å². The summed E-state index contributed by atoms with van der Waals surface area (Å²) in [5.41, 5.74) is 1.49. The summed E-state index contributed by atoms with van der Waals surface area (Å²) in [6.45, 7) is 4.05. The number of esters is 1. The Kier molecular flexibility index (Phi) is 7.69. The van der Waals surface area contributed by atoms with E-state index < -0.39 is 5.25 Å². The molecule has 4 rings (SSSR count). The van der Waals surface area contributed by atoms with Gasteiger partial charge in [-0.25, -0.2) is 4.79 Å². The maximum absolute atomic E-state index is 13.0. The van der Waals surface area contributed by atoms with Crippen molar-refractivity contribution in [2.45, 2.75) is 50.1 Å². The summed E-state index contributed by atoms with van der Waals surface area (Å²) in [6, 6.07) is 3.58. The molecule has 1 unspecified atom stereocenters. The normalized spacial score (nSPS) is 13.4. The van der Waals surface area contributed by atoms with Crippen molar-refractivity contribution in [3.8, 4) is 0 Å². The van der Waals surface area contributed by atoms with Gasteiger partial charge in [0, 0.05) is 11.9 Å². The van der Waals surface area contributed by atoms with Gasteiger partial charge in [-0.1, -0.05) is 17.8 Å². The summed E-state index contributed by atoms with van der Waals surface area (Å²) in [5.74, 6) is -0.203. The first-order chi connectivity index (χ1) is 16.4. The van der Waals surface area contributed by atoms with Gasteiger partial charge in [-0.2, -0.15) is 0 Å². The number of ether oxygens (including phenoxy) is 1. The van der Waals surface area contributed by atoms with Gasteiger partial charge >= 0.3 is 5.97 Å². The lowest BCUT2D eigenvalue weighted by Crippen LogP contribution is -2.24. The van der Waals surface area contributed by atoms with Crippen molar-refractivity contribution in [2.75, 3.05) is 11.9 Å². The van der Waals surface area contributed by atoms with Crippen LogP contribution in [-0.2, 0) is 36.0 Å². The van der Waals surface area contributed by atoms with Crippen LogP contribution in [0.3, 0.4) is 0 Å². The molecule has 1 aliphatic rings. The Balaban J connectivity index is 1.39. The molecule has 2 N–H and O–H groups in total. The molecule has 0 saturated heterocycles. The van der Waals surface area contributed by atoms with Crippen LogP contribution in [0.2, 0.25) is 0 Å². The summed E-state index contributed by atoms with van der Waals surface area (Å²) in [4.78, 5) is 39.4.